The largest absolute Gasteiger partial charge is 0.291 e. The molecule has 0 N–H and O–H groups in total. The number of halogens is 2. The molecule has 0 bridgehead atoms. The van der Waals surface area contributed by atoms with Crippen molar-refractivity contribution in [1.29, 1.82) is 0 Å². The highest BCUT2D eigenvalue weighted by molar-refractivity contribution is 7.12. The number of amides is 3. The van der Waals surface area contributed by atoms with E-state index in [9.17, 15) is 19.2 Å². The van der Waals surface area contributed by atoms with Crippen LogP contribution in [0.5, 0.6) is 0 Å². The smallest absolute Gasteiger partial charge is 0.273 e. The number of ketones is 1. The summed E-state index contributed by atoms with van der Waals surface area (Å²) in [7, 11) is 0. The van der Waals surface area contributed by atoms with Crippen molar-refractivity contribution in [1.82, 2.24) is 10.0 Å². The summed E-state index contributed by atoms with van der Waals surface area (Å²) in [6.07, 6.45) is 4.20. The monoisotopic (exact) mass is 476 g/mol. The first kappa shape index (κ1) is 21.7. The minimum absolute atomic E-state index is 0.120. The molecule has 3 atom stereocenters. The maximum Gasteiger partial charge on any atom is 0.273 e. The Bertz CT molecular complexity index is 1100. The first-order valence-corrected chi connectivity index (χ1v) is 11.3. The van der Waals surface area contributed by atoms with Crippen LogP contribution in [0, 0.1) is 17.8 Å². The maximum atomic E-state index is 13.4. The molecule has 3 amide bonds. The molecular weight excluding hydrogens is 459 g/mol. The van der Waals surface area contributed by atoms with Gasteiger partial charge in [0.25, 0.3) is 17.7 Å². The zero-order valence-electron chi connectivity index (χ0n) is 16.5. The first-order valence-electron chi connectivity index (χ1n) is 9.67. The number of allylic oxidation sites excluding steroid dienone is 2. The van der Waals surface area contributed by atoms with Crippen molar-refractivity contribution in [3.63, 3.8) is 0 Å². The number of hydrogen-bond acceptors (Lipinski definition) is 5. The third-order valence-corrected chi connectivity index (χ3v) is 7.23. The van der Waals surface area contributed by atoms with Crippen molar-refractivity contribution in [2.75, 3.05) is 6.54 Å². The summed E-state index contributed by atoms with van der Waals surface area (Å²) in [6.45, 7) is 1.42. The molecule has 0 unspecified atom stereocenters. The molecule has 1 aliphatic carbocycles. The second-order valence-electron chi connectivity index (χ2n) is 7.54. The highest BCUT2D eigenvalue weighted by Gasteiger charge is 2.53. The molecule has 2 heterocycles. The zero-order valence-corrected chi connectivity index (χ0v) is 18.8. The Balaban J connectivity index is 1.72. The van der Waals surface area contributed by atoms with Gasteiger partial charge in [0.1, 0.15) is 6.54 Å². The predicted molar refractivity (Wildman–Crippen MR) is 118 cm³/mol. The number of nitrogens with zero attached hydrogens (tertiary/aromatic N) is 2. The molecule has 31 heavy (non-hydrogen) atoms. The van der Waals surface area contributed by atoms with Crippen LogP contribution in [0.25, 0.3) is 0 Å². The molecule has 6 nitrogen and oxygen atoms in total. The highest BCUT2D eigenvalue weighted by atomic mass is 35.5. The van der Waals surface area contributed by atoms with Gasteiger partial charge in [-0.05, 0) is 42.0 Å². The van der Waals surface area contributed by atoms with Crippen LogP contribution in [0.1, 0.15) is 33.4 Å². The molecule has 1 aromatic carbocycles. The summed E-state index contributed by atoms with van der Waals surface area (Å²) in [6, 6.07) is 7.61. The molecular formula is C22H18Cl2N2O4S. The summed E-state index contributed by atoms with van der Waals surface area (Å²) < 4.78 is 0. The SMILES string of the molecule is C[C@@H]1C=CC[C@H]2C(=O)N(N(CC(=O)c3cccs3)C(=O)c3ccc(Cl)c(Cl)c3)C(=O)[C@H]12. The number of fused-ring (bicyclic) bond motifs is 1. The second kappa shape index (κ2) is 8.57. The lowest BCUT2D eigenvalue weighted by Gasteiger charge is -2.30. The summed E-state index contributed by atoms with van der Waals surface area (Å²) in [4.78, 5) is 53.1. The quantitative estimate of drug-likeness (QED) is 0.361. The van der Waals surface area contributed by atoms with E-state index in [0.29, 0.717) is 11.3 Å². The average Bonchev–Trinajstić information content (AvgIpc) is 3.36. The van der Waals surface area contributed by atoms with Crippen molar-refractivity contribution in [3.05, 3.63) is 68.3 Å². The number of carbonyl (C=O) groups is 4. The molecule has 1 fully saturated rings. The van der Waals surface area contributed by atoms with Crippen LogP contribution in [0.2, 0.25) is 10.0 Å². The summed E-state index contributed by atoms with van der Waals surface area (Å²) >= 11 is 13.2. The minimum Gasteiger partial charge on any atom is -0.291 e. The molecule has 1 aliphatic heterocycles. The Morgan fingerprint density at radius 1 is 1.16 bits per heavy atom. The van der Waals surface area contributed by atoms with Gasteiger partial charge in [0.05, 0.1) is 26.8 Å². The van der Waals surface area contributed by atoms with Crippen LogP contribution < -0.4 is 0 Å². The van der Waals surface area contributed by atoms with Gasteiger partial charge < -0.3 is 0 Å². The van der Waals surface area contributed by atoms with E-state index in [2.05, 4.69) is 0 Å². The fourth-order valence-electron chi connectivity index (χ4n) is 4.03. The lowest BCUT2D eigenvalue weighted by atomic mass is 9.78. The fraction of sp³-hybridized carbons (Fsp3) is 0.273. The lowest BCUT2D eigenvalue weighted by Crippen LogP contribution is -2.52. The number of imide groups is 1. The van der Waals surface area contributed by atoms with Crippen LogP contribution in [-0.4, -0.2) is 40.1 Å². The van der Waals surface area contributed by atoms with E-state index in [1.54, 1.807) is 17.5 Å². The van der Waals surface area contributed by atoms with Crippen LogP contribution in [-0.2, 0) is 9.59 Å². The number of Topliss-reactive ketones (excluding diaryl/α,β-unsaturated/α-hetero) is 1. The Kier molecular flexibility index (Phi) is 6.01. The van der Waals surface area contributed by atoms with Gasteiger partial charge in [-0.1, -0.05) is 48.3 Å². The minimum atomic E-state index is -0.676. The van der Waals surface area contributed by atoms with Gasteiger partial charge in [-0.2, -0.15) is 5.01 Å². The van der Waals surface area contributed by atoms with Gasteiger partial charge in [-0.25, -0.2) is 5.01 Å². The molecule has 0 spiro atoms. The van der Waals surface area contributed by atoms with Crippen LogP contribution in [0.4, 0.5) is 0 Å². The van der Waals surface area contributed by atoms with Gasteiger partial charge in [-0.3, -0.25) is 19.2 Å². The number of rotatable bonds is 5. The van der Waals surface area contributed by atoms with E-state index in [0.717, 1.165) is 10.0 Å². The summed E-state index contributed by atoms with van der Waals surface area (Å²) in [5, 5.41) is 3.96. The topological polar surface area (TPSA) is 74.8 Å². The van der Waals surface area contributed by atoms with Crippen molar-refractivity contribution in [2.24, 2.45) is 17.8 Å². The number of thiophene rings is 1. The molecule has 9 heteroatoms. The maximum absolute atomic E-state index is 13.4. The number of hydrogen-bond donors (Lipinski definition) is 0. The highest BCUT2D eigenvalue weighted by Crippen LogP contribution is 2.39. The van der Waals surface area contributed by atoms with E-state index in [1.165, 1.54) is 29.5 Å². The molecule has 2 aromatic rings. The fourth-order valence-corrected chi connectivity index (χ4v) is 4.99. The molecule has 0 saturated carbocycles. The van der Waals surface area contributed by atoms with E-state index in [4.69, 9.17) is 23.2 Å². The molecule has 1 saturated heterocycles. The van der Waals surface area contributed by atoms with Gasteiger partial charge in [0.2, 0.25) is 0 Å². The van der Waals surface area contributed by atoms with Crippen molar-refractivity contribution >= 4 is 58.0 Å². The van der Waals surface area contributed by atoms with Crippen molar-refractivity contribution in [2.45, 2.75) is 13.3 Å². The standard InChI is InChI=1S/C22H18Cl2N2O4S/c1-12-4-2-5-14-19(12)22(30)26(21(14)29)25(11-17(27)18-6-3-9-31-18)20(28)13-7-8-15(23)16(24)10-13/h2-4,6-10,12,14,19H,5,11H2,1H3/t12-,14-,19-/m1/s1. The number of carbonyl (C=O) groups excluding carboxylic acids is 4. The van der Waals surface area contributed by atoms with Crippen molar-refractivity contribution in [3.8, 4) is 0 Å². The third-order valence-electron chi connectivity index (χ3n) is 5.58. The number of hydrazine groups is 1. The van der Waals surface area contributed by atoms with E-state index >= 15 is 0 Å². The molecule has 0 radical (unpaired) electrons. The van der Waals surface area contributed by atoms with Gasteiger partial charge in [0, 0.05) is 5.56 Å². The molecule has 4 rings (SSSR count). The van der Waals surface area contributed by atoms with Crippen LogP contribution in [0.3, 0.4) is 0 Å². The van der Waals surface area contributed by atoms with Crippen LogP contribution >= 0.6 is 34.5 Å². The van der Waals surface area contributed by atoms with E-state index in [-0.39, 0.29) is 27.3 Å². The normalized spacial score (nSPS) is 22.5. The van der Waals surface area contributed by atoms with Crippen molar-refractivity contribution < 1.29 is 19.2 Å². The Labute approximate surface area is 193 Å². The molecule has 160 valence electrons. The first-order chi connectivity index (χ1) is 14.8. The second-order valence-corrected chi connectivity index (χ2v) is 9.30. The predicted octanol–water partition coefficient (Wildman–Crippen LogP) is 4.49. The van der Waals surface area contributed by atoms with Gasteiger partial charge in [-0.15, -0.1) is 11.3 Å². The van der Waals surface area contributed by atoms with Gasteiger partial charge in [0.15, 0.2) is 5.78 Å². The van der Waals surface area contributed by atoms with E-state index < -0.39 is 36.1 Å². The summed E-state index contributed by atoms with van der Waals surface area (Å²) in [5.74, 6) is -3.24. The average molecular weight is 477 g/mol. The lowest BCUT2D eigenvalue weighted by molar-refractivity contribution is -0.154. The summed E-state index contributed by atoms with van der Waals surface area (Å²) in [5.41, 5.74) is 0.120. The Morgan fingerprint density at radius 3 is 2.58 bits per heavy atom. The Morgan fingerprint density at radius 2 is 1.94 bits per heavy atom. The molecule has 1 aromatic heterocycles. The number of benzene rings is 1. The zero-order chi connectivity index (χ0) is 22.3. The van der Waals surface area contributed by atoms with Crippen LogP contribution in [0.15, 0.2) is 47.9 Å². The Hall–Kier alpha value is -2.48. The third kappa shape index (κ3) is 3.93. The molecule has 2 aliphatic rings. The van der Waals surface area contributed by atoms with Gasteiger partial charge >= 0.3 is 0 Å². The van der Waals surface area contributed by atoms with E-state index in [1.807, 2.05) is 19.1 Å².